The predicted molar refractivity (Wildman–Crippen MR) is 100 cm³/mol. The number of para-hydroxylation sites is 1. The molecule has 1 N–H and O–H groups in total. The summed E-state index contributed by atoms with van der Waals surface area (Å²) in [5, 5.41) is 3.16. The average molecular weight is 365 g/mol. The van der Waals surface area contributed by atoms with Crippen molar-refractivity contribution < 1.29 is 14.3 Å². The maximum atomic E-state index is 12.7. The molecule has 0 bridgehead atoms. The molecule has 27 heavy (non-hydrogen) atoms. The van der Waals surface area contributed by atoms with Crippen LogP contribution in [0, 0.1) is 0 Å². The molecule has 1 saturated heterocycles. The molecule has 1 aromatic carbocycles. The normalized spacial score (nSPS) is 24.7. The van der Waals surface area contributed by atoms with Gasteiger partial charge in [-0.15, -0.1) is 0 Å². The maximum absolute atomic E-state index is 12.7. The first kappa shape index (κ1) is 17.5. The third kappa shape index (κ3) is 3.52. The molecular weight excluding hydrogens is 342 g/mol. The Morgan fingerprint density at radius 3 is 2.81 bits per heavy atom. The lowest BCUT2D eigenvalue weighted by molar-refractivity contribution is -0.129. The van der Waals surface area contributed by atoms with E-state index in [1.807, 2.05) is 31.3 Å². The molecule has 0 saturated carbocycles. The number of likely N-dealkylation sites (tertiary alicyclic amines) is 1. The second-order valence-corrected chi connectivity index (χ2v) is 7.35. The van der Waals surface area contributed by atoms with Gasteiger partial charge in [-0.05, 0) is 24.6 Å². The van der Waals surface area contributed by atoms with E-state index in [0.717, 1.165) is 17.7 Å². The lowest BCUT2D eigenvalue weighted by Crippen LogP contribution is -2.45. The van der Waals surface area contributed by atoms with Gasteiger partial charge in [-0.2, -0.15) is 0 Å². The summed E-state index contributed by atoms with van der Waals surface area (Å²) in [5.41, 5.74) is 1.12. The van der Waals surface area contributed by atoms with Crippen molar-refractivity contribution in [3.8, 4) is 5.75 Å². The summed E-state index contributed by atoms with van der Waals surface area (Å²) in [6, 6.07) is 11.1. The zero-order chi connectivity index (χ0) is 18.9. The van der Waals surface area contributed by atoms with E-state index in [-0.39, 0.29) is 17.9 Å². The maximum Gasteiger partial charge on any atom is 0.251 e. The first-order valence-electron chi connectivity index (χ1n) is 9.29. The molecule has 1 fully saturated rings. The van der Waals surface area contributed by atoms with Crippen LogP contribution < -0.4 is 10.1 Å². The SMILES string of the molecule is CN1CCC2(CCC1=O)CC(NC(=O)c1ccncc1)c1ccccc1O2. The second-order valence-electron chi connectivity index (χ2n) is 7.35. The summed E-state index contributed by atoms with van der Waals surface area (Å²) >= 11 is 0. The zero-order valence-corrected chi connectivity index (χ0v) is 15.4. The van der Waals surface area contributed by atoms with Crippen LogP contribution in [0.1, 0.15) is 47.6 Å². The van der Waals surface area contributed by atoms with E-state index in [2.05, 4.69) is 10.3 Å². The van der Waals surface area contributed by atoms with Crippen LogP contribution in [0.4, 0.5) is 0 Å². The third-order valence-electron chi connectivity index (χ3n) is 5.57. The number of ether oxygens (including phenoxy) is 1. The molecule has 4 rings (SSSR count). The van der Waals surface area contributed by atoms with E-state index >= 15 is 0 Å². The number of pyridine rings is 1. The summed E-state index contributed by atoms with van der Waals surface area (Å²) in [4.78, 5) is 30.6. The van der Waals surface area contributed by atoms with Crippen LogP contribution >= 0.6 is 0 Å². The Morgan fingerprint density at radius 2 is 2.00 bits per heavy atom. The number of benzene rings is 1. The molecule has 140 valence electrons. The molecule has 2 atom stereocenters. The third-order valence-corrected chi connectivity index (χ3v) is 5.57. The van der Waals surface area contributed by atoms with E-state index in [4.69, 9.17) is 4.74 Å². The lowest BCUT2D eigenvalue weighted by Gasteiger charge is -2.42. The number of hydrogen-bond donors (Lipinski definition) is 1. The fraction of sp³-hybridized carbons (Fsp3) is 0.381. The number of hydrogen-bond acceptors (Lipinski definition) is 4. The summed E-state index contributed by atoms with van der Waals surface area (Å²) in [6.07, 6.45) is 5.76. The monoisotopic (exact) mass is 365 g/mol. The number of carbonyl (C=O) groups is 2. The van der Waals surface area contributed by atoms with Crippen molar-refractivity contribution in [3.05, 3.63) is 59.9 Å². The Morgan fingerprint density at radius 1 is 1.22 bits per heavy atom. The average Bonchev–Trinajstić information content (AvgIpc) is 2.83. The van der Waals surface area contributed by atoms with Crippen LogP contribution in [0.5, 0.6) is 5.75 Å². The highest BCUT2D eigenvalue weighted by Gasteiger charge is 2.43. The molecule has 1 aromatic heterocycles. The van der Waals surface area contributed by atoms with Crippen LogP contribution in [0.15, 0.2) is 48.8 Å². The van der Waals surface area contributed by atoms with Gasteiger partial charge in [0, 0.05) is 56.4 Å². The highest BCUT2D eigenvalue weighted by Crippen LogP contribution is 2.44. The number of carbonyl (C=O) groups excluding carboxylic acids is 2. The molecule has 2 aliphatic rings. The highest BCUT2D eigenvalue weighted by molar-refractivity contribution is 5.94. The van der Waals surface area contributed by atoms with Crippen LogP contribution in [0.3, 0.4) is 0 Å². The highest BCUT2D eigenvalue weighted by atomic mass is 16.5. The van der Waals surface area contributed by atoms with Crippen molar-refractivity contribution in [3.63, 3.8) is 0 Å². The number of rotatable bonds is 2. The molecule has 2 aliphatic heterocycles. The second kappa shape index (κ2) is 7.02. The van der Waals surface area contributed by atoms with Gasteiger partial charge in [0.1, 0.15) is 11.4 Å². The van der Waals surface area contributed by atoms with Crippen molar-refractivity contribution in [2.45, 2.75) is 37.3 Å². The zero-order valence-electron chi connectivity index (χ0n) is 15.4. The Balaban J connectivity index is 1.62. The van der Waals surface area contributed by atoms with Gasteiger partial charge < -0.3 is 15.0 Å². The molecule has 2 aromatic rings. The van der Waals surface area contributed by atoms with Crippen LogP contribution in [-0.4, -0.2) is 40.9 Å². The summed E-state index contributed by atoms with van der Waals surface area (Å²) in [5.74, 6) is 0.809. The van der Waals surface area contributed by atoms with Gasteiger partial charge in [-0.25, -0.2) is 0 Å². The minimum atomic E-state index is -0.440. The fourth-order valence-corrected chi connectivity index (χ4v) is 3.94. The van der Waals surface area contributed by atoms with Crippen molar-refractivity contribution in [1.82, 2.24) is 15.2 Å². The minimum absolute atomic E-state index is 0.129. The van der Waals surface area contributed by atoms with E-state index in [1.54, 1.807) is 29.4 Å². The predicted octanol–water partition coefficient (Wildman–Crippen LogP) is 2.72. The van der Waals surface area contributed by atoms with Crippen LogP contribution in [0.25, 0.3) is 0 Å². The summed E-state index contributed by atoms with van der Waals surface area (Å²) < 4.78 is 6.41. The Kier molecular flexibility index (Phi) is 4.56. The number of aromatic nitrogens is 1. The van der Waals surface area contributed by atoms with Crippen LogP contribution in [0.2, 0.25) is 0 Å². The molecular formula is C21H23N3O3. The minimum Gasteiger partial charge on any atom is -0.487 e. The molecule has 2 unspecified atom stereocenters. The number of amides is 2. The van der Waals surface area contributed by atoms with Crippen molar-refractivity contribution >= 4 is 11.8 Å². The molecule has 3 heterocycles. The van der Waals surface area contributed by atoms with Crippen molar-refractivity contribution in [2.75, 3.05) is 13.6 Å². The van der Waals surface area contributed by atoms with E-state index in [0.29, 0.717) is 31.4 Å². The van der Waals surface area contributed by atoms with E-state index < -0.39 is 5.60 Å². The number of fused-ring (bicyclic) bond motifs is 1. The van der Waals surface area contributed by atoms with Gasteiger partial charge in [0.2, 0.25) is 5.91 Å². The largest absolute Gasteiger partial charge is 0.487 e. The summed E-state index contributed by atoms with van der Waals surface area (Å²) in [7, 11) is 1.83. The first-order valence-corrected chi connectivity index (χ1v) is 9.29. The molecule has 6 nitrogen and oxygen atoms in total. The van der Waals surface area contributed by atoms with E-state index in [1.165, 1.54) is 0 Å². The molecule has 6 heteroatoms. The summed E-state index contributed by atoms with van der Waals surface area (Å²) in [6.45, 7) is 0.659. The van der Waals surface area contributed by atoms with Crippen molar-refractivity contribution in [2.24, 2.45) is 0 Å². The topological polar surface area (TPSA) is 71.5 Å². The number of nitrogens with zero attached hydrogens (tertiary/aromatic N) is 2. The number of nitrogens with one attached hydrogen (secondary N) is 1. The molecule has 0 radical (unpaired) electrons. The quantitative estimate of drug-likeness (QED) is 0.888. The van der Waals surface area contributed by atoms with Crippen molar-refractivity contribution in [1.29, 1.82) is 0 Å². The molecule has 2 amide bonds. The van der Waals surface area contributed by atoms with Gasteiger partial charge in [-0.1, -0.05) is 18.2 Å². The smallest absolute Gasteiger partial charge is 0.251 e. The first-order chi connectivity index (χ1) is 13.1. The van der Waals surface area contributed by atoms with Crippen LogP contribution in [-0.2, 0) is 4.79 Å². The Labute approximate surface area is 158 Å². The van der Waals surface area contributed by atoms with Gasteiger partial charge in [0.05, 0.1) is 6.04 Å². The fourth-order valence-electron chi connectivity index (χ4n) is 3.94. The Hall–Kier alpha value is -2.89. The Bertz CT molecular complexity index is 855. The van der Waals surface area contributed by atoms with Gasteiger partial charge in [-0.3, -0.25) is 14.6 Å². The van der Waals surface area contributed by atoms with Gasteiger partial charge >= 0.3 is 0 Å². The molecule has 0 aliphatic carbocycles. The van der Waals surface area contributed by atoms with Gasteiger partial charge in [0.25, 0.3) is 5.91 Å². The standard InChI is InChI=1S/C21H23N3O3/c1-24-13-10-21(9-6-19(24)25)14-17(16-4-2-3-5-18(16)27-21)23-20(26)15-7-11-22-12-8-15/h2-5,7-8,11-12,17H,6,9-10,13-14H2,1H3,(H,23,26). The molecule has 1 spiro atoms. The van der Waals surface area contributed by atoms with Gasteiger partial charge in [0.15, 0.2) is 0 Å². The lowest BCUT2D eigenvalue weighted by atomic mass is 9.82. The van der Waals surface area contributed by atoms with E-state index in [9.17, 15) is 9.59 Å².